The SMILES string of the molecule is CCCC1CCCC(N[C@H](C)c2ccccc2Br)CC1. The highest BCUT2D eigenvalue weighted by Gasteiger charge is 2.20. The molecule has 1 saturated carbocycles. The molecule has 0 aliphatic heterocycles. The minimum absolute atomic E-state index is 0.429. The average Bonchev–Trinajstić information content (AvgIpc) is 2.65. The van der Waals surface area contributed by atoms with Gasteiger partial charge < -0.3 is 5.32 Å². The first-order valence-corrected chi connectivity index (χ1v) is 9.00. The minimum Gasteiger partial charge on any atom is -0.307 e. The van der Waals surface area contributed by atoms with Crippen LogP contribution in [0.3, 0.4) is 0 Å². The van der Waals surface area contributed by atoms with Gasteiger partial charge in [0.1, 0.15) is 0 Å². The van der Waals surface area contributed by atoms with E-state index >= 15 is 0 Å². The Kier molecular flexibility index (Phi) is 6.57. The molecule has 1 aliphatic rings. The van der Waals surface area contributed by atoms with Crippen LogP contribution in [0, 0.1) is 5.92 Å². The van der Waals surface area contributed by atoms with Crippen LogP contribution in [0.4, 0.5) is 0 Å². The Morgan fingerprint density at radius 3 is 2.75 bits per heavy atom. The molecule has 2 heteroatoms. The first-order valence-electron chi connectivity index (χ1n) is 8.21. The molecule has 2 unspecified atom stereocenters. The predicted octanol–water partition coefficient (Wildman–Crippen LogP) is 5.85. The first-order chi connectivity index (χ1) is 9.70. The number of halogens is 1. The number of rotatable bonds is 5. The average molecular weight is 338 g/mol. The maximum absolute atomic E-state index is 3.85. The van der Waals surface area contributed by atoms with Crippen molar-refractivity contribution in [3.05, 3.63) is 34.3 Å². The maximum Gasteiger partial charge on any atom is 0.0305 e. The van der Waals surface area contributed by atoms with E-state index < -0.39 is 0 Å². The van der Waals surface area contributed by atoms with Crippen molar-refractivity contribution < 1.29 is 0 Å². The van der Waals surface area contributed by atoms with E-state index in [-0.39, 0.29) is 0 Å². The predicted molar refractivity (Wildman–Crippen MR) is 91.0 cm³/mol. The van der Waals surface area contributed by atoms with Crippen molar-refractivity contribution in [2.45, 2.75) is 70.9 Å². The zero-order valence-corrected chi connectivity index (χ0v) is 14.5. The highest BCUT2D eigenvalue weighted by molar-refractivity contribution is 9.10. The highest BCUT2D eigenvalue weighted by Crippen LogP contribution is 2.29. The molecule has 3 atom stereocenters. The summed E-state index contributed by atoms with van der Waals surface area (Å²) in [6.45, 7) is 4.60. The lowest BCUT2D eigenvalue weighted by Crippen LogP contribution is -2.31. The summed E-state index contributed by atoms with van der Waals surface area (Å²) in [4.78, 5) is 0. The zero-order valence-electron chi connectivity index (χ0n) is 12.9. The third-order valence-electron chi connectivity index (χ3n) is 4.64. The van der Waals surface area contributed by atoms with E-state index in [4.69, 9.17) is 0 Å². The van der Waals surface area contributed by atoms with Crippen LogP contribution in [0.5, 0.6) is 0 Å². The molecule has 0 spiro atoms. The number of benzene rings is 1. The summed E-state index contributed by atoms with van der Waals surface area (Å²) in [5.74, 6) is 0.977. The number of nitrogens with one attached hydrogen (secondary N) is 1. The second kappa shape index (κ2) is 8.19. The summed E-state index contributed by atoms with van der Waals surface area (Å²) in [7, 11) is 0. The summed E-state index contributed by atoms with van der Waals surface area (Å²) in [6, 6.07) is 9.69. The molecular weight excluding hydrogens is 310 g/mol. The van der Waals surface area contributed by atoms with Crippen molar-refractivity contribution >= 4 is 15.9 Å². The van der Waals surface area contributed by atoms with E-state index in [9.17, 15) is 0 Å². The highest BCUT2D eigenvalue weighted by atomic mass is 79.9. The van der Waals surface area contributed by atoms with E-state index in [0.29, 0.717) is 12.1 Å². The second-order valence-corrected chi connectivity index (χ2v) is 7.12. The summed E-state index contributed by atoms with van der Waals surface area (Å²) in [6.07, 6.45) is 9.70. The number of hydrogen-bond donors (Lipinski definition) is 1. The summed E-state index contributed by atoms with van der Waals surface area (Å²) in [5, 5.41) is 3.85. The largest absolute Gasteiger partial charge is 0.307 e. The van der Waals surface area contributed by atoms with Crippen molar-refractivity contribution in [2.24, 2.45) is 5.92 Å². The Morgan fingerprint density at radius 1 is 1.20 bits per heavy atom. The van der Waals surface area contributed by atoms with E-state index in [1.54, 1.807) is 0 Å². The van der Waals surface area contributed by atoms with Crippen molar-refractivity contribution in [1.29, 1.82) is 0 Å². The molecule has 0 aromatic heterocycles. The van der Waals surface area contributed by atoms with Gasteiger partial charge in [-0.1, -0.05) is 66.7 Å². The smallest absolute Gasteiger partial charge is 0.0305 e. The van der Waals surface area contributed by atoms with E-state index in [1.165, 1.54) is 55.0 Å². The molecule has 1 nitrogen and oxygen atoms in total. The molecule has 1 aromatic carbocycles. The van der Waals surface area contributed by atoms with Gasteiger partial charge in [-0.2, -0.15) is 0 Å². The topological polar surface area (TPSA) is 12.0 Å². The Morgan fingerprint density at radius 2 is 2.00 bits per heavy atom. The van der Waals surface area contributed by atoms with Gasteiger partial charge in [0.2, 0.25) is 0 Å². The molecule has 1 aromatic rings. The van der Waals surface area contributed by atoms with Crippen LogP contribution in [-0.2, 0) is 0 Å². The molecule has 20 heavy (non-hydrogen) atoms. The first kappa shape index (κ1) is 16.0. The third-order valence-corrected chi connectivity index (χ3v) is 5.36. The van der Waals surface area contributed by atoms with Gasteiger partial charge in [0.15, 0.2) is 0 Å². The van der Waals surface area contributed by atoms with Crippen LogP contribution >= 0.6 is 15.9 Å². The van der Waals surface area contributed by atoms with E-state index in [0.717, 1.165) is 5.92 Å². The quantitative estimate of drug-likeness (QED) is 0.664. The lowest BCUT2D eigenvalue weighted by atomic mass is 9.95. The fourth-order valence-corrected chi connectivity index (χ4v) is 4.14. The summed E-state index contributed by atoms with van der Waals surface area (Å²) >= 11 is 3.67. The lowest BCUT2D eigenvalue weighted by Gasteiger charge is -2.23. The van der Waals surface area contributed by atoms with Crippen LogP contribution in [-0.4, -0.2) is 6.04 Å². The van der Waals surface area contributed by atoms with Crippen molar-refractivity contribution in [3.63, 3.8) is 0 Å². The van der Waals surface area contributed by atoms with Crippen LogP contribution in [0.2, 0.25) is 0 Å². The zero-order chi connectivity index (χ0) is 14.4. The van der Waals surface area contributed by atoms with Gasteiger partial charge in [0.25, 0.3) is 0 Å². The third kappa shape index (κ3) is 4.60. The van der Waals surface area contributed by atoms with Gasteiger partial charge in [-0.05, 0) is 43.7 Å². The lowest BCUT2D eigenvalue weighted by molar-refractivity contribution is 0.392. The van der Waals surface area contributed by atoms with Crippen LogP contribution in [0.25, 0.3) is 0 Å². The molecule has 1 N–H and O–H groups in total. The van der Waals surface area contributed by atoms with Gasteiger partial charge in [-0.25, -0.2) is 0 Å². The molecule has 0 heterocycles. The van der Waals surface area contributed by atoms with Gasteiger partial charge in [-0.15, -0.1) is 0 Å². The van der Waals surface area contributed by atoms with Crippen molar-refractivity contribution in [3.8, 4) is 0 Å². The van der Waals surface area contributed by atoms with Gasteiger partial charge in [0.05, 0.1) is 0 Å². The standard InChI is InChI=1S/C18H28BrN/c1-3-7-15-8-6-9-16(13-12-15)20-14(2)17-10-4-5-11-18(17)19/h4-5,10-11,14-16,20H,3,6-9,12-13H2,1-2H3/t14-,15?,16?/m1/s1. The minimum atomic E-state index is 0.429. The molecule has 1 aliphatic carbocycles. The molecule has 2 rings (SSSR count). The Hall–Kier alpha value is -0.340. The fraction of sp³-hybridized carbons (Fsp3) is 0.667. The number of hydrogen-bond acceptors (Lipinski definition) is 1. The Bertz CT molecular complexity index is 404. The summed E-state index contributed by atoms with van der Waals surface area (Å²) in [5.41, 5.74) is 1.38. The molecule has 1 fully saturated rings. The monoisotopic (exact) mass is 337 g/mol. The van der Waals surface area contributed by atoms with Crippen LogP contribution < -0.4 is 5.32 Å². The van der Waals surface area contributed by atoms with Crippen LogP contribution in [0.1, 0.15) is 70.4 Å². The summed E-state index contributed by atoms with van der Waals surface area (Å²) < 4.78 is 1.22. The molecule has 112 valence electrons. The maximum atomic E-state index is 3.85. The molecule has 0 bridgehead atoms. The van der Waals surface area contributed by atoms with Gasteiger partial charge in [-0.3, -0.25) is 0 Å². The van der Waals surface area contributed by atoms with Crippen molar-refractivity contribution in [1.82, 2.24) is 5.32 Å². The van der Waals surface area contributed by atoms with Gasteiger partial charge in [0, 0.05) is 16.6 Å². The van der Waals surface area contributed by atoms with Crippen molar-refractivity contribution in [2.75, 3.05) is 0 Å². The van der Waals surface area contributed by atoms with Gasteiger partial charge >= 0.3 is 0 Å². The molecule has 0 amide bonds. The Balaban J connectivity index is 1.88. The Labute approximate surface area is 132 Å². The van der Waals surface area contributed by atoms with E-state index in [2.05, 4.69) is 59.4 Å². The van der Waals surface area contributed by atoms with Crippen LogP contribution in [0.15, 0.2) is 28.7 Å². The fourth-order valence-electron chi connectivity index (χ4n) is 3.51. The second-order valence-electron chi connectivity index (χ2n) is 6.27. The molecule has 0 radical (unpaired) electrons. The van der Waals surface area contributed by atoms with E-state index in [1.807, 2.05) is 0 Å². The molecular formula is C18H28BrN. The molecule has 0 saturated heterocycles. The normalized spacial score (nSPS) is 25.1.